The second-order valence-corrected chi connectivity index (χ2v) is 5.10. The maximum atomic E-state index is 12.3. The molecule has 0 aliphatic carbocycles. The Balaban J connectivity index is 1.82. The largest absolute Gasteiger partial charge is 0.295 e. The topological polar surface area (TPSA) is 58.8 Å². The zero-order valence-electron chi connectivity index (χ0n) is 11.8. The molecule has 0 radical (unpaired) electrons. The van der Waals surface area contributed by atoms with Gasteiger partial charge in [0.1, 0.15) is 11.3 Å². The average molecular weight is 313 g/mol. The van der Waals surface area contributed by atoms with E-state index in [1.165, 1.54) is 6.21 Å². The van der Waals surface area contributed by atoms with Crippen LogP contribution in [-0.2, 0) is 0 Å². The number of rotatable bonds is 3. The molecule has 1 aromatic carbocycles. The number of amides is 1. The van der Waals surface area contributed by atoms with Crippen molar-refractivity contribution in [1.29, 1.82) is 0 Å². The molecule has 0 saturated heterocycles. The van der Waals surface area contributed by atoms with Crippen LogP contribution in [0.1, 0.15) is 21.7 Å². The molecule has 110 valence electrons. The first kappa shape index (κ1) is 14.3. The van der Waals surface area contributed by atoms with Crippen LogP contribution in [0.25, 0.3) is 5.65 Å². The Morgan fingerprint density at radius 1 is 1.27 bits per heavy atom. The molecule has 3 rings (SSSR count). The Kier molecular flexibility index (Phi) is 3.89. The predicted octanol–water partition coefficient (Wildman–Crippen LogP) is 3.06. The fourth-order valence-electron chi connectivity index (χ4n) is 2.18. The molecule has 0 aliphatic heterocycles. The van der Waals surface area contributed by atoms with Crippen molar-refractivity contribution in [3.8, 4) is 0 Å². The highest BCUT2D eigenvalue weighted by Gasteiger charge is 2.15. The minimum Gasteiger partial charge on any atom is -0.295 e. The zero-order valence-corrected chi connectivity index (χ0v) is 12.6. The van der Waals surface area contributed by atoms with Gasteiger partial charge in [0.25, 0.3) is 5.91 Å². The Morgan fingerprint density at radius 3 is 2.86 bits per heavy atom. The molecule has 1 amide bonds. The van der Waals surface area contributed by atoms with Gasteiger partial charge in [0.2, 0.25) is 0 Å². The first-order valence-corrected chi connectivity index (χ1v) is 7.06. The van der Waals surface area contributed by atoms with E-state index in [2.05, 4.69) is 15.5 Å². The molecule has 3 aromatic rings. The first-order valence-electron chi connectivity index (χ1n) is 6.68. The molecular weight excluding hydrogens is 300 g/mol. The summed E-state index contributed by atoms with van der Waals surface area (Å²) in [6, 6.07) is 12.8. The number of aryl methyl sites for hydroxylation is 1. The van der Waals surface area contributed by atoms with E-state index in [1.807, 2.05) is 36.4 Å². The Bertz CT molecular complexity index is 869. The molecule has 0 unspecified atom stereocenters. The molecule has 2 aromatic heterocycles. The van der Waals surface area contributed by atoms with Crippen LogP contribution < -0.4 is 5.43 Å². The molecule has 2 heterocycles. The number of carbonyl (C=O) groups excluding carboxylic acids is 1. The van der Waals surface area contributed by atoms with E-state index < -0.39 is 0 Å². The van der Waals surface area contributed by atoms with Crippen molar-refractivity contribution in [1.82, 2.24) is 14.8 Å². The summed E-state index contributed by atoms with van der Waals surface area (Å²) < 4.78 is 1.73. The minimum absolute atomic E-state index is 0.320. The second-order valence-electron chi connectivity index (χ2n) is 4.70. The average Bonchev–Trinajstić information content (AvgIpc) is 2.85. The van der Waals surface area contributed by atoms with Gasteiger partial charge in [-0.2, -0.15) is 5.10 Å². The number of fused-ring (bicyclic) bond motifs is 1. The lowest BCUT2D eigenvalue weighted by molar-refractivity contribution is 0.0948. The van der Waals surface area contributed by atoms with Crippen LogP contribution in [0.3, 0.4) is 0 Å². The molecule has 0 bridgehead atoms. The van der Waals surface area contributed by atoms with E-state index in [1.54, 1.807) is 23.6 Å². The number of pyridine rings is 1. The van der Waals surface area contributed by atoms with Crippen LogP contribution in [0, 0.1) is 6.92 Å². The van der Waals surface area contributed by atoms with E-state index in [-0.39, 0.29) is 5.91 Å². The molecule has 22 heavy (non-hydrogen) atoms. The van der Waals surface area contributed by atoms with Gasteiger partial charge < -0.3 is 0 Å². The van der Waals surface area contributed by atoms with Gasteiger partial charge in [-0.1, -0.05) is 35.9 Å². The number of nitrogens with one attached hydrogen (secondary N) is 1. The summed E-state index contributed by atoms with van der Waals surface area (Å²) in [5.74, 6) is -0.320. The third-order valence-corrected chi connectivity index (χ3v) is 3.54. The van der Waals surface area contributed by atoms with Crippen molar-refractivity contribution in [2.24, 2.45) is 5.10 Å². The standard InChI is InChI=1S/C16H13ClN4O/c1-11-15(21-9-5-4-8-14(21)19-11)16(22)20-18-10-12-6-2-3-7-13(12)17/h2-10H,1H3,(H,20,22). The SMILES string of the molecule is Cc1nc2ccccn2c1C(=O)NN=Cc1ccccc1Cl. The lowest BCUT2D eigenvalue weighted by Gasteiger charge is -2.01. The molecule has 1 N–H and O–H groups in total. The maximum absolute atomic E-state index is 12.3. The van der Waals surface area contributed by atoms with E-state index in [9.17, 15) is 4.79 Å². The Hall–Kier alpha value is -2.66. The van der Waals surface area contributed by atoms with Gasteiger partial charge in [0.15, 0.2) is 0 Å². The van der Waals surface area contributed by atoms with E-state index in [0.717, 1.165) is 11.2 Å². The van der Waals surface area contributed by atoms with Crippen LogP contribution in [0.15, 0.2) is 53.8 Å². The summed E-state index contributed by atoms with van der Waals surface area (Å²) >= 11 is 6.02. The lowest BCUT2D eigenvalue weighted by atomic mass is 10.2. The Labute approximate surface area is 132 Å². The molecule has 5 nitrogen and oxygen atoms in total. The predicted molar refractivity (Wildman–Crippen MR) is 86.4 cm³/mol. The van der Waals surface area contributed by atoms with Crippen molar-refractivity contribution in [2.75, 3.05) is 0 Å². The third-order valence-electron chi connectivity index (χ3n) is 3.19. The zero-order chi connectivity index (χ0) is 15.5. The molecule has 6 heteroatoms. The summed E-state index contributed by atoms with van der Waals surface area (Å²) in [5, 5.41) is 4.53. The number of nitrogens with zero attached hydrogens (tertiary/aromatic N) is 3. The number of aromatic nitrogens is 2. The summed E-state index contributed by atoms with van der Waals surface area (Å²) in [6.45, 7) is 1.79. The van der Waals surface area contributed by atoms with Crippen molar-refractivity contribution in [3.05, 3.63) is 70.6 Å². The number of hydrogen-bond acceptors (Lipinski definition) is 3. The highest BCUT2D eigenvalue weighted by molar-refractivity contribution is 6.33. The third kappa shape index (κ3) is 2.71. The highest BCUT2D eigenvalue weighted by Crippen LogP contribution is 2.13. The Morgan fingerprint density at radius 2 is 2.05 bits per heavy atom. The number of imidazole rings is 1. The van der Waals surface area contributed by atoms with Crippen molar-refractivity contribution < 1.29 is 4.79 Å². The van der Waals surface area contributed by atoms with Crippen LogP contribution in [0.2, 0.25) is 5.02 Å². The second kappa shape index (κ2) is 5.99. The smallest absolute Gasteiger partial charge is 0.290 e. The van der Waals surface area contributed by atoms with Gasteiger partial charge >= 0.3 is 0 Å². The molecular formula is C16H13ClN4O. The van der Waals surface area contributed by atoms with Crippen LogP contribution in [-0.4, -0.2) is 21.5 Å². The molecule has 0 spiro atoms. The van der Waals surface area contributed by atoms with E-state index in [4.69, 9.17) is 11.6 Å². The summed E-state index contributed by atoms with van der Waals surface area (Å²) in [6.07, 6.45) is 3.31. The number of benzene rings is 1. The van der Waals surface area contributed by atoms with Crippen molar-refractivity contribution >= 4 is 29.4 Å². The van der Waals surface area contributed by atoms with E-state index in [0.29, 0.717) is 16.4 Å². The monoisotopic (exact) mass is 312 g/mol. The van der Waals surface area contributed by atoms with Gasteiger partial charge in [-0.3, -0.25) is 9.20 Å². The van der Waals surface area contributed by atoms with Crippen LogP contribution >= 0.6 is 11.6 Å². The molecule has 0 saturated carbocycles. The van der Waals surface area contributed by atoms with Crippen LogP contribution in [0.4, 0.5) is 0 Å². The number of halogens is 1. The molecule has 0 atom stereocenters. The van der Waals surface area contributed by atoms with Crippen molar-refractivity contribution in [2.45, 2.75) is 6.92 Å². The van der Waals surface area contributed by atoms with Crippen LogP contribution in [0.5, 0.6) is 0 Å². The van der Waals surface area contributed by atoms with Gasteiger partial charge in [-0.25, -0.2) is 10.4 Å². The van der Waals surface area contributed by atoms with Crippen molar-refractivity contribution in [3.63, 3.8) is 0 Å². The number of carbonyl (C=O) groups is 1. The van der Waals surface area contributed by atoms with E-state index >= 15 is 0 Å². The quantitative estimate of drug-likeness (QED) is 0.597. The minimum atomic E-state index is -0.320. The van der Waals surface area contributed by atoms with Gasteiger partial charge in [-0.15, -0.1) is 0 Å². The maximum Gasteiger partial charge on any atom is 0.290 e. The van der Waals surface area contributed by atoms with Gasteiger partial charge in [0.05, 0.1) is 11.9 Å². The summed E-state index contributed by atoms with van der Waals surface area (Å²) in [7, 11) is 0. The molecule has 0 aliphatic rings. The van der Waals surface area contributed by atoms with Gasteiger partial charge in [0, 0.05) is 16.8 Å². The first-order chi connectivity index (χ1) is 10.7. The number of hydrazone groups is 1. The lowest BCUT2D eigenvalue weighted by Crippen LogP contribution is -2.20. The fraction of sp³-hybridized carbons (Fsp3) is 0.0625. The fourth-order valence-corrected chi connectivity index (χ4v) is 2.36. The summed E-state index contributed by atoms with van der Waals surface area (Å²) in [4.78, 5) is 16.6. The normalized spacial score (nSPS) is 11.2. The number of hydrogen-bond donors (Lipinski definition) is 1. The molecule has 0 fully saturated rings. The van der Waals surface area contributed by atoms with Gasteiger partial charge in [-0.05, 0) is 25.1 Å². The highest BCUT2D eigenvalue weighted by atomic mass is 35.5. The summed E-state index contributed by atoms with van der Waals surface area (Å²) in [5.41, 5.74) is 5.08.